The molecule has 0 aliphatic carbocycles. The van der Waals surface area contributed by atoms with Crippen molar-refractivity contribution in [3.63, 3.8) is 0 Å². The number of ether oxygens (including phenoxy) is 1. The maximum atomic E-state index is 14.8. The van der Waals surface area contributed by atoms with Crippen LogP contribution in [0.3, 0.4) is 0 Å². The fraction of sp³-hybridized carbons (Fsp3) is 0.647. The van der Waals surface area contributed by atoms with Gasteiger partial charge in [-0.1, -0.05) is 0 Å². The predicted octanol–water partition coefficient (Wildman–Crippen LogP) is 3.10. The summed E-state index contributed by atoms with van der Waals surface area (Å²) in [4.78, 5) is 12.9. The van der Waals surface area contributed by atoms with Gasteiger partial charge in [0.25, 0.3) is 5.91 Å². The van der Waals surface area contributed by atoms with Gasteiger partial charge < -0.3 is 15.0 Å². The molecule has 1 aromatic rings. The summed E-state index contributed by atoms with van der Waals surface area (Å²) in [6.07, 6.45) is -3.91. The largest absolute Gasteiger partial charge is 0.488 e. The number of hydrogen-bond donors (Lipinski definition) is 1. The number of nitriles is 1. The Hall–Kier alpha value is -1.86. The number of carbonyl (C=O) groups excluding carboxylic acids is 1. The third-order valence-electron chi connectivity index (χ3n) is 4.88. The Bertz CT molecular complexity index is 730. The number of carbonyl (C=O) groups is 1. The van der Waals surface area contributed by atoms with Crippen molar-refractivity contribution < 1.29 is 27.1 Å². The molecule has 3 heterocycles. The minimum Gasteiger partial charge on any atom is -0.488 e. The van der Waals surface area contributed by atoms with Gasteiger partial charge in [0.2, 0.25) is 0 Å². The van der Waals surface area contributed by atoms with Crippen molar-refractivity contribution in [2.45, 2.75) is 43.6 Å². The summed E-state index contributed by atoms with van der Waals surface area (Å²) in [5.41, 5.74) is -1.85. The fourth-order valence-electron chi connectivity index (χ4n) is 3.36. The van der Waals surface area contributed by atoms with Crippen LogP contribution < -0.4 is 10.1 Å². The summed E-state index contributed by atoms with van der Waals surface area (Å²) >= 11 is 0.348. The lowest BCUT2D eigenvalue weighted by Gasteiger charge is -2.38. The summed E-state index contributed by atoms with van der Waals surface area (Å²) in [6.45, 7) is 1.47. The van der Waals surface area contributed by atoms with Crippen LogP contribution in [0.5, 0.6) is 5.75 Å². The lowest BCUT2D eigenvalue weighted by molar-refractivity contribution is -0.147. The van der Waals surface area contributed by atoms with Crippen molar-refractivity contribution >= 4 is 17.2 Å². The quantitative estimate of drug-likeness (QED) is 0.785. The van der Waals surface area contributed by atoms with E-state index in [0.717, 1.165) is 6.07 Å². The van der Waals surface area contributed by atoms with Crippen LogP contribution in [0.15, 0.2) is 6.07 Å². The van der Waals surface area contributed by atoms with E-state index in [1.165, 1.54) is 4.90 Å². The average molecular weight is 405 g/mol. The Morgan fingerprint density at radius 2 is 1.96 bits per heavy atom. The Kier molecular flexibility index (Phi) is 5.63. The van der Waals surface area contributed by atoms with Crippen molar-refractivity contribution in [1.82, 2.24) is 10.2 Å². The second-order valence-corrected chi connectivity index (χ2v) is 7.79. The molecule has 3 rings (SSSR count). The molecule has 2 aliphatic rings. The molecule has 0 saturated carbocycles. The van der Waals surface area contributed by atoms with Gasteiger partial charge in [-0.25, -0.2) is 4.39 Å². The zero-order chi connectivity index (χ0) is 19.7. The van der Waals surface area contributed by atoms with Crippen LogP contribution in [0.4, 0.5) is 17.6 Å². The van der Waals surface area contributed by atoms with Crippen LogP contribution in [0.25, 0.3) is 0 Å². The van der Waals surface area contributed by atoms with Gasteiger partial charge in [0.15, 0.2) is 5.67 Å². The molecule has 27 heavy (non-hydrogen) atoms. The molecular formula is C17H19F4N3O2S. The SMILES string of the molecule is N#Cc1sc(C(F)(F)F)cc1OC1CCN(C(=O)C2(F)CCNCC2)CC1. The first kappa shape index (κ1) is 19.9. The summed E-state index contributed by atoms with van der Waals surface area (Å²) in [6, 6.07) is 2.57. The van der Waals surface area contributed by atoms with Gasteiger partial charge in [-0.2, -0.15) is 18.4 Å². The van der Waals surface area contributed by atoms with E-state index in [9.17, 15) is 22.4 Å². The van der Waals surface area contributed by atoms with Gasteiger partial charge >= 0.3 is 6.18 Å². The molecule has 148 valence electrons. The molecule has 0 bridgehead atoms. The van der Waals surface area contributed by atoms with Gasteiger partial charge in [-0.15, -0.1) is 11.3 Å². The molecule has 5 nitrogen and oxygen atoms in total. The van der Waals surface area contributed by atoms with Gasteiger partial charge in [-0.05, 0) is 13.1 Å². The van der Waals surface area contributed by atoms with E-state index >= 15 is 0 Å². The van der Waals surface area contributed by atoms with E-state index in [4.69, 9.17) is 10.00 Å². The van der Waals surface area contributed by atoms with Crippen molar-refractivity contribution in [2.24, 2.45) is 0 Å². The molecule has 2 saturated heterocycles. The highest BCUT2D eigenvalue weighted by molar-refractivity contribution is 7.13. The van der Waals surface area contributed by atoms with E-state index in [1.807, 2.05) is 0 Å². The van der Waals surface area contributed by atoms with E-state index in [2.05, 4.69) is 5.32 Å². The minimum atomic E-state index is -4.53. The molecule has 1 amide bonds. The monoisotopic (exact) mass is 405 g/mol. The smallest absolute Gasteiger partial charge is 0.425 e. The van der Waals surface area contributed by atoms with Crippen molar-refractivity contribution in [1.29, 1.82) is 5.26 Å². The summed E-state index contributed by atoms with van der Waals surface area (Å²) < 4.78 is 58.8. The number of thiophene rings is 1. The molecule has 0 aromatic carbocycles. The number of halogens is 4. The van der Waals surface area contributed by atoms with Gasteiger partial charge in [0.05, 0.1) is 0 Å². The number of rotatable bonds is 3. The van der Waals surface area contributed by atoms with Gasteiger partial charge in [0.1, 0.15) is 27.7 Å². The highest BCUT2D eigenvalue weighted by Gasteiger charge is 2.43. The van der Waals surface area contributed by atoms with Crippen LogP contribution in [0, 0.1) is 11.3 Å². The minimum absolute atomic E-state index is 0.0834. The lowest BCUT2D eigenvalue weighted by atomic mass is 9.92. The molecule has 2 aliphatic heterocycles. The van der Waals surface area contributed by atoms with Crippen molar-refractivity contribution in [3.8, 4) is 11.8 Å². The molecule has 0 radical (unpaired) electrons. The van der Waals surface area contributed by atoms with E-state index in [-0.39, 0.29) is 36.6 Å². The number of hydrogen-bond acceptors (Lipinski definition) is 5. The van der Waals surface area contributed by atoms with Crippen molar-refractivity contribution in [2.75, 3.05) is 26.2 Å². The maximum Gasteiger partial charge on any atom is 0.425 e. The number of nitrogens with zero attached hydrogens (tertiary/aromatic N) is 2. The normalized spacial score (nSPS) is 20.9. The molecule has 0 unspecified atom stereocenters. The number of likely N-dealkylation sites (tertiary alicyclic amines) is 1. The fourth-order valence-corrected chi connectivity index (χ4v) is 4.11. The Labute approximate surface area is 157 Å². The molecule has 0 spiro atoms. The average Bonchev–Trinajstić information content (AvgIpc) is 3.06. The molecule has 10 heteroatoms. The highest BCUT2D eigenvalue weighted by Crippen LogP contribution is 2.40. The molecule has 2 fully saturated rings. The Morgan fingerprint density at radius 1 is 1.33 bits per heavy atom. The van der Waals surface area contributed by atoms with E-state index in [0.29, 0.717) is 37.3 Å². The van der Waals surface area contributed by atoms with Crippen LogP contribution in [-0.4, -0.2) is 48.8 Å². The molecule has 0 atom stereocenters. The van der Waals surface area contributed by atoms with E-state index in [1.54, 1.807) is 6.07 Å². The van der Waals surface area contributed by atoms with Crippen LogP contribution >= 0.6 is 11.3 Å². The number of piperidine rings is 2. The number of nitrogens with one attached hydrogen (secondary N) is 1. The third-order valence-corrected chi connectivity index (χ3v) is 5.95. The highest BCUT2D eigenvalue weighted by atomic mass is 32.1. The number of alkyl halides is 4. The third kappa shape index (κ3) is 4.35. The zero-order valence-electron chi connectivity index (χ0n) is 14.4. The second kappa shape index (κ2) is 7.64. The predicted molar refractivity (Wildman–Crippen MR) is 90.2 cm³/mol. The summed E-state index contributed by atoms with van der Waals surface area (Å²) in [5.74, 6) is -0.602. The first-order valence-electron chi connectivity index (χ1n) is 8.70. The second-order valence-electron chi connectivity index (χ2n) is 6.74. The van der Waals surface area contributed by atoms with E-state index < -0.39 is 28.7 Å². The maximum absolute atomic E-state index is 14.8. The van der Waals surface area contributed by atoms with Gasteiger partial charge in [0, 0.05) is 44.8 Å². The van der Waals surface area contributed by atoms with Gasteiger partial charge in [-0.3, -0.25) is 4.79 Å². The van der Waals surface area contributed by atoms with Crippen molar-refractivity contribution in [3.05, 3.63) is 15.8 Å². The molecule has 1 N–H and O–H groups in total. The number of amides is 1. The first-order valence-corrected chi connectivity index (χ1v) is 9.51. The zero-order valence-corrected chi connectivity index (χ0v) is 15.3. The summed E-state index contributed by atoms with van der Waals surface area (Å²) in [7, 11) is 0. The lowest BCUT2D eigenvalue weighted by Crippen LogP contribution is -2.54. The van der Waals surface area contributed by atoms with Crippen LogP contribution in [0.1, 0.15) is 35.4 Å². The first-order chi connectivity index (χ1) is 12.7. The summed E-state index contributed by atoms with van der Waals surface area (Å²) in [5, 5.41) is 12.0. The Morgan fingerprint density at radius 3 is 2.52 bits per heavy atom. The van der Waals surface area contributed by atoms with Crippen LogP contribution in [-0.2, 0) is 11.0 Å². The molecular weight excluding hydrogens is 386 g/mol. The molecule has 1 aromatic heterocycles. The van der Waals surface area contributed by atoms with Crippen LogP contribution in [0.2, 0.25) is 0 Å². The standard InChI is InChI=1S/C17H19F4N3O2S/c18-16(3-5-23-6-4-16)15(25)24-7-1-11(2-8-24)26-12-9-14(17(19,20)21)27-13(12)10-22/h9,11,23H,1-8H2. The topological polar surface area (TPSA) is 65.4 Å². The Balaban J connectivity index is 1.59.